The number of halogens is 2. The van der Waals surface area contributed by atoms with Gasteiger partial charge in [-0.2, -0.15) is 9.78 Å². The van der Waals surface area contributed by atoms with E-state index in [4.69, 9.17) is 0 Å². The summed E-state index contributed by atoms with van der Waals surface area (Å²) in [5.41, 5.74) is 2.00. The molecule has 1 aliphatic heterocycles. The first kappa shape index (κ1) is 14.9. The smallest absolute Gasteiger partial charge is 0.213 e. The van der Waals surface area contributed by atoms with Crippen molar-refractivity contribution >= 4 is 17.5 Å². The van der Waals surface area contributed by atoms with Gasteiger partial charge in [0.1, 0.15) is 0 Å². The van der Waals surface area contributed by atoms with Crippen molar-refractivity contribution in [1.29, 1.82) is 0 Å². The van der Waals surface area contributed by atoms with Crippen molar-refractivity contribution in [2.45, 2.75) is 17.3 Å². The lowest BCUT2D eigenvalue weighted by atomic mass is 10.1. The second-order valence-corrected chi connectivity index (χ2v) is 6.54. The summed E-state index contributed by atoms with van der Waals surface area (Å²) >= 11 is 1.47. The lowest BCUT2D eigenvalue weighted by Gasteiger charge is -2.20. The van der Waals surface area contributed by atoms with E-state index < -0.39 is 11.6 Å². The van der Waals surface area contributed by atoms with Crippen LogP contribution in [0.3, 0.4) is 0 Å². The number of rotatable bonds is 2. The summed E-state index contributed by atoms with van der Waals surface area (Å²) in [4.78, 5) is 3.98. The van der Waals surface area contributed by atoms with Gasteiger partial charge in [0.2, 0.25) is 5.16 Å². The van der Waals surface area contributed by atoms with Crippen LogP contribution in [0.15, 0.2) is 53.0 Å². The van der Waals surface area contributed by atoms with Crippen LogP contribution in [0.5, 0.6) is 0 Å². The Morgan fingerprint density at radius 3 is 2.54 bits per heavy atom. The molecule has 0 amide bonds. The molecular formula is C16H11F2N5S. The van der Waals surface area contributed by atoms with Crippen molar-refractivity contribution in [1.82, 2.24) is 19.9 Å². The topological polar surface area (TPSA) is 56.0 Å². The van der Waals surface area contributed by atoms with E-state index >= 15 is 0 Å². The Bertz CT molecular complexity index is 939. The molecular weight excluding hydrogens is 332 g/mol. The molecule has 8 heteroatoms. The summed E-state index contributed by atoms with van der Waals surface area (Å²) in [7, 11) is 0. The predicted octanol–water partition coefficient (Wildman–Crippen LogP) is 3.36. The number of hydrogen-bond acceptors (Lipinski definition) is 5. The van der Waals surface area contributed by atoms with Gasteiger partial charge < -0.3 is 0 Å². The van der Waals surface area contributed by atoms with Gasteiger partial charge >= 0.3 is 0 Å². The van der Waals surface area contributed by atoms with E-state index in [1.165, 1.54) is 17.8 Å². The van der Waals surface area contributed by atoms with Gasteiger partial charge in [0.15, 0.2) is 17.5 Å². The normalized spacial score (nSPS) is 16.6. The van der Waals surface area contributed by atoms with E-state index in [1.807, 2.05) is 19.1 Å². The average molecular weight is 343 g/mol. The number of pyridine rings is 1. The molecule has 1 aliphatic rings. The van der Waals surface area contributed by atoms with Crippen LogP contribution in [0.4, 0.5) is 8.78 Å². The number of hydrogen-bond donors (Lipinski definition) is 0. The fraction of sp³-hybridized carbons (Fsp3) is 0.125. The molecule has 0 saturated carbocycles. The molecule has 0 spiro atoms. The first-order chi connectivity index (χ1) is 11.6. The molecule has 3 aromatic rings. The minimum Gasteiger partial charge on any atom is -0.265 e. The van der Waals surface area contributed by atoms with Gasteiger partial charge in [-0.15, -0.1) is 10.2 Å². The molecule has 0 aliphatic carbocycles. The molecule has 0 unspecified atom stereocenters. The summed E-state index contributed by atoms with van der Waals surface area (Å²) in [5.74, 6) is -1.19. The molecule has 3 heterocycles. The van der Waals surface area contributed by atoms with Crippen LogP contribution < -0.4 is 0 Å². The lowest BCUT2D eigenvalue weighted by Crippen LogP contribution is -2.22. The number of aromatic nitrogens is 4. The second kappa shape index (κ2) is 5.79. The van der Waals surface area contributed by atoms with Gasteiger partial charge in [0.05, 0.1) is 11.0 Å². The fourth-order valence-corrected chi connectivity index (χ4v) is 3.39. The Morgan fingerprint density at radius 1 is 1.00 bits per heavy atom. The summed E-state index contributed by atoms with van der Waals surface area (Å²) in [6.45, 7) is 1.94. The molecule has 5 nitrogen and oxygen atoms in total. The van der Waals surface area contributed by atoms with E-state index in [9.17, 15) is 8.78 Å². The molecule has 0 radical (unpaired) electrons. The van der Waals surface area contributed by atoms with Crippen LogP contribution in [0.1, 0.15) is 12.5 Å². The summed E-state index contributed by atoms with van der Waals surface area (Å²) in [6.07, 6.45) is 3.32. The van der Waals surface area contributed by atoms with Gasteiger partial charge in [0.25, 0.3) is 0 Å². The lowest BCUT2D eigenvalue weighted by molar-refractivity contribution is 0.508. The van der Waals surface area contributed by atoms with Crippen LogP contribution in [0, 0.1) is 11.6 Å². The number of nitrogens with zero attached hydrogens (tertiary/aromatic N) is 5. The van der Waals surface area contributed by atoms with Gasteiger partial charge in [-0.05, 0) is 37.3 Å². The molecule has 1 aromatic carbocycles. The van der Waals surface area contributed by atoms with Crippen molar-refractivity contribution in [2.24, 2.45) is 5.10 Å². The van der Waals surface area contributed by atoms with E-state index in [0.29, 0.717) is 22.3 Å². The maximum Gasteiger partial charge on any atom is 0.213 e. The van der Waals surface area contributed by atoms with Crippen molar-refractivity contribution in [2.75, 3.05) is 0 Å². The maximum absolute atomic E-state index is 13.6. The Labute approximate surface area is 140 Å². The molecule has 0 bridgehead atoms. The molecule has 24 heavy (non-hydrogen) atoms. The van der Waals surface area contributed by atoms with Crippen LogP contribution in [0.25, 0.3) is 11.4 Å². The zero-order valence-electron chi connectivity index (χ0n) is 12.5. The van der Waals surface area contributed by atoms with Gasteiger partial charge in [-0.1, -0.05) is 11.8 Å². The standard InChI is InChI=1S/C16H11F2N5S/c1-9-14(11-2-3-12(17)13(18)8-11)22-23-15(20-21-16(23)24-9)10-4-6-19-7-5-10/h2-9H,1H3/t9-/m1/s1. The van der Waals surface area contributed by atoms with E-state index in [-0.39, 0.29) is 5.25 Å². The second-order valence-electron chi connectivity index (χ2n) is 5.23. The predicted molar refractivity (Wildman–Crippen MR) is 86.9 cm³/mol. The van der Waals surface area contributed by atoms with Gasteiger partial charge in [0, 0.05) is 23.5 Å². The van der Waals surface area contributed by atoms with Crippen molar-refractivity contribution in [3.05, 3.63) is 59.9 Å². The minimum absolute atomic E-state index is 0.0585. The number of thioether (sulfide) groups is 1. The van der Waals surface area contributed by atoms with E-state index in [0.717, 1.165) is 17.7 Å². The van der Waals surface area contributed by atoms with Crippen molar-refractivity contribution in [3.8, 4) is 11.4 Å². The van der Waals surface area contributed by atoms with Gasteiger partial charge in [-0.25, -0.2) is 8.78 Å². The largest absolute Gasteiger partial charge is 0.265 e. The highest BCUT2D eigenvalue weighted by Gasteiger charge is 2.26. The highest BCUT2D eigenvalue weighted by atomic mass is 32.2. The minimum atomic E-state index is -0.892. The zero-order valence-corrected chi connectivity index (χ0v) is 13.3. The Kier molecular flexibility index (Phi) is 3.61. The number of benzene rings is 1. The van der Waals surface area contributed by atoms with Gasteiger partial charge in [-0.3, -0.25) is 4.98 Å². The fourth-order valence-electron chi connectivity index (χ4n) is 2.46. The third-order valence-electron chi connectivity index (χ3n) is 3.64. The Balaban J connectivity index is 1.84. The molecule has 0 N–H and O–H groups in total. The van der Waals surface area contributed by atoms with Crippen molar-refractivity contribution in [3.63, 3.8) is 0 Å². The zero-order chi connectivity index (χ0) is 16.7. The third kappa shape index (κ3) is 2.48. The third-order valence-corrected chi connectivity index (χ3v) is 4.68. The average Bonchev–Trinajstić information content (AvgIpc) is 3.00. The van der Waals surface area contributed by atoms with E-state index in [2.05, 4.69) is 20.3 Å². The van der Waals surface area contributed by atoms with Crippen LogP contribution in [-0.2, 0) is 0 Å². The maximum atomic E-state index is 13.6. The molecule has 1 atom stereocenters. The molecule has 0 saturated heterocycles. The SMILES string of the molecule is C[C@H]1Sc2nnc(-c3ccncc3)n2N=C1c1ccc(F)c(F)c1. The monoisotopic (exact) mass is 343 g/mol. The van der Waals surface area contributed by atoms with Crippen LogP contribution >= 0.6 is 11.8 Å². The summed E-state index contributed by atoms with van der Waals surface area (Å²) in [5, 5.41) is 13.5. The highest BCUT2D eigenvalue weighted by molar-refractivity contribution is 8.00. The number of fused-ring (bicyclic) bond motifs is 1. The molecule has 4 rings (SSSR count). The van der Waals surface area contributed by atoms with Crippen molar-refractivity contribution < 1.29 is 8.78 Å². The first-order valence-corrected chi connectivity index (χ1v) is 8.08. The summed E-state index contributed by atoms with van der Waals surface area (Å²) in [6, 6.07) is 7.41. The van der Waals surface area contributed by atoms with E-state index in [1.54, 1.807) is 17.1 Å². The Hall–Kier alpha value is -2.61. The highest BCUT2D eigenvalue weighted by Crippen LogP contribution is 2.32. The van der Waals surface area contributed by atoms with Crippen LogP contribution in [0.2, 0.25) is 0 Å². The Morgan fingerprint density at radius 2 is 1.79 bits per heavy atom. The molecule has 0 fully saturated rings. The molecule has 120 valence electrons. The first-order valence-electron chi connectivity index (χ1n) is 7.20. The summed E-state index contributed by atoms with van der Waals surface area (Å²) < 4.78 is 28.4. The quantitative estimate of drug-likeness (QED) is 0.716. The molecule has 2 aromatic heterocycles. The van der Waals surface area contributed by atoms with Crippen LogP contribution in [-0.4, -0.2) is 30.8 Å².